The van der Waals surface area contributed by atoms with Gasteiger partial charge in [-0.05, 0) is 85.6 Å². The molecular formula is C29H31N3O3. The summed E-state index contributed by atoms with van der Waals surface area (Å²) in [4.78, 5) is 12.3. The van der Waals surface area contributed by atoms with Gasteiger partial charge in [0.25, 0.3) is 0 Å². The second kappa shape index (κ2) is 13.7. The van der Waals surface area contributed by atoms with Crippen molar-refractivity contribution in [1.29, 1.82) is 5.26 Å². The Morgan fingerprint density at radius 2 is 1.54 bits per heavy atom. The van der Waals surface area contributed by atoms with Crippen LogP contribution in [0.15, 0.2) is 77.0 Å². The lowest BCUT2D eigenvalue weighted by molar-refractivity contribution is 0.0735. The molecule has 35 heavy (non-hydrogen) atoms. The summed E-state index contributed by atoms with van der Waals surface area (Å²) in [6, 6.07) is 20.9. The first-order valence-electron chi connectivity index (χ1n) is 12.1. The Kier molecular flexibility index (Phi) is 10.0. The summed E-state index contributed by atoms with van der Waals surface area (Å²) in [7, 11) is 0. The highest BCUT2D eigenvalue weighted by Gasteiger charge is 2.09. The average molecular weight is 470 g/mol. The Balaban J connectivity index is 1.50. The highest BCUT2D eigenvalue weighted by Crippen LogP contribution is 2.26. The number of carbonyl (C=O) groups is 1. The van der Waals surface area contributed by atoms with Gasteiger partial charge >= 0.3 is 5.97 Å². The molecule has 0 bridgehead atoms. The van der Waals surface area contributed by atoms with Gasteiger partial charge in [0, 0.05) is 0 Å². The number of rotatable bonds is 12. The van der Waals surface area contributed by atoms with Gasteiger partial charge in [0.05, 0.1) is 35.2 Å². The van der Waals surface area contributed by atoms with Crippen molar-refractivity contribution in [2.24, 2.45) is 10.2 Å². The third kappa shape index (κ3) is 8.38. The Hall–Kier alpha value is -3.98. The van der Waals surface area contributed by atoms with E-state index in [1.807, 2.05) is 31.2 Å². The Labute approximate surface area is 207 Å². The molecule has 3 aromatic rings. The molecular weight excluding hydrogens is 438 g/mol. The van der Waals surface area contributed by atoms with Crippen molar-refractivity contribution in [3.8, 4) is 17.6 Å². The number of aryl methyl sites for hydroxylation is 1. The van der Waals surface area contributed by atoms with Gasteiger partial charge in [0.15, 0.2) is 0 Å². The predicted octanol–water partition coefficient (Wildman–Crippen LogP) is 8.24. The van der Waals surface area contributed by atoms with Crippen LogP contribution in [-0.4, -0.2) is 12.6 Å². The van der Waals surface area contributed by atoms with E-state index in [-0.39, 0.29) is 0 Å². The van der Waals surface area contributed by atoms with Crippen molar-refractivity contribution in [3.63, 3.8) is 0 Å². The maximum atomic E-state index is 12.3. The molecule has 0 amide bonds. The summed E-state index contributed by atoms with van der Waals surface area (Å²) < 4.78 is 11.2. The van der Waals surface area contributed by atoms with E-state index in [2.05, 4.69) is 17.2 Å². The number of azo groups is 1. The quantitative estimate of drug-likeness (QED) is 0.116. The maximum absolute atomic E-state index is 12.3. The number of benzene rings is 3. The summed E-state index contributed by atoms with van der Waals surface area (Å²) in [5.41, 5.74) is 3.28. The summed E-state index contributed by atoms with van der Waals surface area (Å²) in [5, 5.41) is 17.5. The first-order chi connectivity index (χ1) is 17.1. The fourth-order valence-electron chi connectivity index (χ4n) is 3.44. The van der Waals surface area contributed by atoms with Crippen LogP contribution in [-0.2, 0) is 0 Å². The zero-order chi connectivity index (χ0) is 24.9. The SMILES string of the molecule is CCCCCCCCOc1ccc(N=Nc2ccc(C(=O)Oc3ccc(C#N)cc3)cc2)c(C)c1. The number of esters is 1. The van der Waals surface area contributed by atoms with Crippen LogP contribution < -0.4 is 9.47 Å². The second-order valence-corrected chi connectivity index (χ2v) is 8.34. The molecule has 0 heterocycles. The van der Waals surface area contributed by atoms with Gasteiger partial charge in [0.1, 0.15) is 11.5 Å². The predicted molar refractivity (Wildman–Crippen MR) is 137 cm³/mol. The molecule has 0 aliphatic carbocycles. The van der Waals surface area contributed by atoms with Gasteiger partial charge in [-0.3, -0.25) is 0 Å². The van der Waals surface area contributed by atoms with Gasteiger partial charge in [-0.25, -0.2) is 4.79 Å². The van der Waals surface area contributed by atoms with Crippen LogP contribution in [0.1, 0.15) is 66.9 Å². The van der Waals surface area contributed by atoms with E-state index in [1.165, 1.54) is 32.1 Å². The average Bonchev–Trinajstić information content (AvgIpc) is 2.88. The largest absolute Gasteiger partial charge is 0.494 e. The van der Waals surface area contributed by atoms with Gasteiger partial charge in [-0.2, -0.15) is 15.5 Å². The third-order valence-electron chi connectivity index (χ3n) is 5.51. The zero-order valence-corrected chi connectivity index (χ0v) is 20.4. The summed E-state index contributed by atoms with van der Waals surface area (Å²) in [6.45, 7) is 4.94. The molecule has 0 atom stereocenters. The van der Waals surface area contributed by atoms with E-state index >= 15 is 0 Å². The summed E-state index contributed by atoms with van der Waals surface area (Å²) in [5.74, 6) is 0.748. The first-order valence-corrected chi connectivity index (χ1v) is 12.1. The molecule has 0 aliphatic rings. The van der Waals surface area contributed by atoms with Crippen LogP contribution in [0.3, 0.4) is 0 Å². The monoisotopic (exact) mass is 469 g/mol. The fourth-order valence-corrected chi connectivity index (χ4v) is 3.44. The zero-order valence-electron chi connectivity index (χ0n) is 20.4. The van der Waals surface area contributed by atoms with E-state index in [0.29, 0.717) is 22.6 Å². The van der Waals surface area contributed by atoms with Crippen molar-refractivity contribution < 1.29 is 14.3 Å². The van der Waals surface area contributed by atoms with Gasteiger partial charge in [0.2, 0.25) is 0 Å². The lowest BCUT2D eigenvalue weighted by Crippen LogP contribution is -2.07. The molecule has 0 radical (unpaired) electrons. The number of nitrogens with zero attached hydrogens (tertiary/aromatic N) is 3. The molecule has 180 valence electrons. The Morgan fingerprint density at radius 1 is 0.857 bits per heavy atom. The van der Waals surface area contributed by atoms with E-state index in [1.54, 1.807) is 48.5 Å². The Bertz CT molecular complexity index is 1160. The summed E-state index contributed by atoms with van der Waals surface area (Å²) in [6.07, 6.45) is 7.43. The van der Waals surface area contributed by atoms with Crippen LogP contribution >= 0.6 is 0 Å². The molecule has 0 saturated carbocycles. The van der Waals surface area contributed by atoms with Crippen LogP contribution in [0.5, 0.6) is 11.5 Å². The van der Waals surface area contributed by atoms with E-state index in [4.69, 9.17) is 14.7 Å². The highest BCUT2D eigenvalue weighted by atomic mass is 16.5. The lowest BCUT2D eigenvalue weighted by atomic mass is 10.1. The number of nitriles is 1. The normalized spacial score (nSPS) is 10.8. The number of ether oxygens (including phenoxy) is 2. The van der Waals surface area contributed by atoms with Crippen LogP contribution in [0.25, 0.3) is 0 Å². The number of carbonyl (C=O) groups excluding carboxylic acids is 1. The number of hydrogen-bond acceptors (Lipinski definition) is 6. The molecule has 0 unspecified atom stereocenters. The molecule has 0 fully saturated rings. The molecule has 6 nitrogen and oxygen atoms in total. The fraction of sp³-hybridized carbons (Fsp3) is 0.310. The third-order valence-corrected chi connectivity index (χ3v) is 5.51. The van der Waals surface area contributed by atoms with Crippen molar-refractivity contribution in [3.05, 3.63) is 83.4 Å². The van der Waals surface area contributed by atoms with Gasteiger partial charge in [-0.15, -0.1) is 0 Å². The van der Waals surface area contributed by atoms with Crippen LogP contribution in [0.2, 0.25) is 0 Å². The first kappa shape index (κ1) is 25.6. The summed E-state index contributed by atoms with van der Waals surface area (Å²) >= 11 is 0. The minimum atomic E-state index is -0.481. The second-order valence-electron chi connectivity index (χ2n) is 8.34. The maximum Gasteiger partial charge on any atom is 0.343 e. The Morgan fingerprint density at radius 3 is 2.23 bits per heavy atom. The molecule has 6 heteroatoms. The number of hydrogen-bond donors (Lipinski definition) is 0. The van der Waals surface area contributed by atoms with Gasteiger partial charge in [-0.1, -0.05) is 39.0 Å². The minimum Gasteiger partial charge on any atom is -0.494 e. The standard InChI is InChI=1S/C29H31N3O3/c1-3-4-5-6-7-8-19-34-27-17-18-28(22(2)20-27)32-31-25-13-11-24(12-14-25)29(33)35-26-15-9-23(21-30)10-16-26/h9-18,20H,3-8,19H2,1-2H3. The lowest BCUT2D eigenvalue weighted by Gasteiger charge is -2.08. The van der Waals surface area contributed by atoms with Crippen molar-refractivity contribution >= 4 is 17.3 Å². The van der Waals surface area contributed by atoms with Crippen molar-refractivity contribution in [2.75, 3.05) is 6.61 Å². The van der Waals surface area contributed by atoms with E-state index in [9.17, 15) is 4.79 Å². The van der Waals surface area contributed by atoms with Crippen LogP contribution in [0.4, 0.5) is 11.4 Å². The van der Waals surface area contributed by atoms with E-state index < -0.39 is 5.97 Å². The number of unbranched alkanes of at least 4 members (excludes halogenated alkanes) is 5. The van der Waals surface area contributed by atoms with Crippen molar-refractivity contribution in [2.45, 2.75) is 52.4 Å². The smallest absolute Gasteiger partial charge is 0.343 e. The minimum absolute atomic E-state index is 0.382. The molecule has 0 aliphatic heterocycles. The highest BCUT2D eigenvalue weighted by molar-refractivity contribution is 5.91. The van der Waals surface area contributed by atoms with Crippen molar-refractivity contribution in [1.82, 2.24) is 0 Å². The van der Waals surface area contributed by atoms with E-state index in [0.717, 1.165) is 30.0 Å². The molecule has 0 spiro atoms. The molecule has 3 rings (SSSR count). The molecule has 0 saturated heterocycles. The van der Waals surface area contributed by atoms with Crippen LogP contribution in [0, 0.1) is 18.3 Å². The topological polar surface area (TPSA) is 84.0 Å². The molecule has 3 aromatic carbocycles. The van der Waals surface area contributed by atoms with Gasteiger partial charge < -0.3 is 9.47 Å². The molecule has 0 aromatic heterocycles. The molecule has 0 N–H and O–H groups in total.